The average molecular weight is 770 g/mol. The van der Waals surface area contributed by atoms with Crippen LogP contribution in [0.1, 0.15) is 232 Å². The maximum absolute atomic E-state index is 10.5. The first-order valence-corrected chi connectivity index (χ1v) is 22.1. The van der Waals surface area contributed by atoms with Crippen LogP contribution in [0, 0.1) is 0 Å². The molecule has 0 aromatic heterocycles. The van der Waals surface area contributed by atoms with E-state index in [-0.39, 0.29) is 29.6 Å². The number of hydrogen-bond donors (Lipinski definition) is 2. The summed E-state index contributed by atoms with van der Waals surface area (Å²) < 4.78 is 0. The van der Waals surface area contributed by atoms with Gasteiger partial charge in [0.15, 0.2) is 0 Å². The van der Waals surface area contributed by atoms with Crippen molar-refractivity contribution in [2.45, 2.75) is 232 Å². The Morgan fingerprint density at radius 2 is 0.510 bits per heavy atom. The second kappa shape index (κ2) is 47.4. The van der Waals surface area contributed by atoms with Gasteiger partial charge in [0.2, 0.25) is 0 Å². The fourth-order valence-electron chi connectivity index (χ4n) is 6.66. The molecule has 0 bridgehead atoms. The van der Waals surface area contributed by atoms with Crippen LogP contribution in [0.4, 0.5) is 0 Å². The number of carbonyl (C=O) groups is 2. The van der Waals surface area contributed by atoms with Gasteiger partial charge in [-0.3, -0.25) is 9.59 Å². The van der Waals surface area contributed by atoms with E-state index in [1.165, 1.54) is 205 Å². The third kappa shape index (κ3) is 53.8. The molecule has 0 saturated carbocycles. The summed E-state index contributed by atoms with van der Waals surface area (Å²) in [5.74, 6) is -1.39. The minimum absolute atomic E-state index is 0. The van der Waals surface area contributed by atoms with Gasteiger partial charge in [-0.1, -0.05) is 206 Å². The maximum Gasteiger partial charge on any atom is 0.304 e. The Morgan fingerprint density at radius 3 is 0.686 bits per heavy atom. The van der Waals surface area contributed by atoms with Gasteiger partial charge in [0.05, 0.1) is 12.8 Å². The summed E-state index contributed by atoms with van der Waals surface area (Å²) in [5, 5.41) is 17.3. The largest absolute Gasteiger partial charge is 0.481 e. The molecule has 0 aliphatic heterocycles. The van der Waals surface area contributed by atoms with Crippen LogP contribution in [0.15, 0.2) is 0 Å². The molecule has 0 amide bonds. The number of unbranched alkanes of at least 4 members (excludes halogenated alkanes) is 30. The summed E-state index contributed by atoms with van der Waals surface area (Å²) in [7, 11) is 4.04. The monoisotopic (exact) mass is 770 g/mol. The first kappa shape index (κ1) is 54.7. The smallest absolute Gasteiger partial charge is 0.304 e. The van der Waals surface area contributed by atoms with Crippen LogP contribution in [0.25, 0.3) is 0 Å². The summed E-state index contributed by atoms with van der Waals surface area (Å²) in [6.45, 7) is 7.98. The molecule has 0 saturated heterocycles. The Balaban J connectivity index is -0.000000886. The van der Waals surface area contributed by atoms with Gasteiger partial charge in [0.25, 0.3) is 0 Å². The van der Waals surface area contributed by atoms with Gasteiger partial charge in [0, 0.05) is 29.9 Å². The van der Waals surface area contributed by atoms with Gasteiger partial charge in [-0.2, -0.15) is 0 Å². The third-order valence-corrected chi connectivity index (χ3v) is 10.2. The predicted molar refractivity (Wildman–Crippen MR) is 219 cm³/mol. The second-order valence-corrected chi connectivity index (χ2v) is 15.5. The number of rotatable bonds is 40. The van der Waals surface area contributed by atoms with Crippen molar-refractivity contribution in [3.8, 4) is 0 Å². The van der Waals surface area contributed by atoms with Crippen molar-refractivity contribution in [2.24, 2.45) is 0 Å². The molecule has 0 atom stereocenters. The van der Waals surface area contributed by atoms with Crippen LogP contribution in [-0.2, 0) is 26.4 Å². The number of carboxylic acid groups (broad SMARTS) is 2. The van der Waals surface area contributed by atoms with E-state index in [0.29, 0.717) is 13.1 Å². The Bertz CT molecular complexity index is 626. The van der Waals surface area contributed by atoms with Crippen molar-refractivity contribution in [3.63, 3.8) is 0 Å². The summed E-state index contributed by atoms with van der Waals surface area (Å²) in [6, 6.07) is 0. The van der Waals surface area contributed by atoms with E-state index >= 15 is 0 Å². The maximum atomic E-state index is 10.5. The molecule has 0 fully saturated rings. The Kier molecular flexibility index (Phi) is 50.8. The normalized spacial score (nSPS) is 11.1. The van der Waals surface area contributed by atoms with Gasteiger partial charge in [-0.15, -0.1) is 0 Å². The van der Waals surface area contributed by atoms with Crippen LogP contribution >= 0.6 is 0 Å². The summed E-state index contributed by atoms with van der Waals surface area (Å²) in [5.41, 5.74) is 0. The molecule has 6 nitrogen and oxygen atoms in total. The van der Waals surface area contributed by atoms with E-state index in [2.05, 4.69) is 23.6 Å². The van der Waals surface area contributed by atoms with E-state index < -0.39 is 11.9 Å². The van der Waals surface area contributed by atoms with Crippen molar-refractivity contribution in [2.75, 3.05) is 40.3 Å². The van der Waals surface area contributed by atoms with Crippen molar-refractivity contribution in [1.29, 1.82) is 0 Å². The quantitative estimate of drug-likeness (QED) is 0.0604. The number of nitrogens with zero attached hydrogens (tertiary/aromatic N) is 2. The SMILES string of the molecule is CCCCCCCCCCCCCCCCCCN(C)CCC(=O)O.CCCCCCCCCCCCCCCCCCN(C)CCC(=O)O.[Co]. The second-order valence-electron chi connectivity index (χ2n) is 15.5. The van der Waals surface area contributed by atoms with Crippen LogP contribution < -0.4 is 0 Å². The molecule has 1 radical (unpaired) electrons. The van der Waals surface area contributed by atoms with Crippen molar-refractivity contribution in [3.05, 3.63) is 0 Å². The van der Waals surface area contributed by atoms with E-state index in [1.54, 1.807) is 0 Å². The van der Waals surface area contributed by atoms with Gasteiger partial charge in [0.1, 0.15) is 0 Å². The van der Waals surface area contributed by atoms with E-state index in [1.807, 2.05) is 14.1 Å². The van der Waals surface area contributed by atoms with Crippen LogP contribution in [0.5, 0.6) is 0 Å². The molecule has 0 rings (SSSR count). The fraction of sp³-hybridized carbons (Fsp3) is 0.955. The third-order valence-electron chi connectivity index (χ3n) is 10.2. The van der Waals surface area contributed by atoms with Crippen molar-refractivity contribution < 1.29 is 36.6 Å². The van der Waals surface area contributed by atoms with Crippen molar-refractivity contribution in [1.82, 2.24) is 9.80 Å². The molecule has 0 heterocycles. The van der Waals surface area contributed by atoms with Crippen LogP contribution in [0.2, 0.25) is 0 Å². The van der Waals surface area contributed by atoms with Gasteiger partial charge in [-0.25, -0.2) is 0 Å². The van der Waals surface area contributed by atoms with Crippen LogP contribution in [0.3, 0.4) is 0 Å². The van der Waals surface area contributed by atoms with E-state index in [9.17, 15) is 9.59 Å². The molecule has 0 aliphatic carbocycles. The molecule has 2 N–H and O–H groups in total. The topological polar surface area (TPSA) is 81.1 Å². The number of hydrogen-bond acceptors (Lipinski definition) is 4. The minimum atomic E-state index is -0.696. The van der Waals surface area contributed by atoms with Gasteiger partial charge >= 0.3 is 11.9 Å². The molecule has 309 valence electrons. The Morgan fingerprint density at radius 1 is 0.333 bits per heavy atom. The predicted octanol–water partition coefficient (Wildman–Crippen LogP) is 13.3. The Hall–Kier alpha value is -0.634. The summed E-state index contributed by atoms with van der Waals surface area (Å²) in [4.78, 5) is 25.3. The first-order valence-electron chi connectivity index (χ1n) is 22.1. The molecule has 0 aromatic carbocycles. The summed E-state index contributed by atoms with van der Waals surface area (Å²) >= 11 is 0. The molecule has 0 aromatic rings. The molecule has 7 heteroatoms. The molecular formula is C44H90CoN2O4. The van der Waals surface area contributed by atoms with E-state index in [0.717, 1.165) is 13.1 Å². The number of carboxylic acids is 2. The summed E-state index contributed by atoms with van der Waals surface area (Å²) in [6.07, 6.45) is 45.1. The molecule has 0 aliphatic rings. The van der Waals surface area contributed by atoms with Crippen LogP contribution in [-0.4, -0.2) is 72.2 Å². The minimum Gasteiger partial charge on any atom is -0.481 e. The zero-order chi connectivity index (χ0) is 37.2. The average Bonchev–Trinajstić information content (AvgIpc) is 3.09. The van der Waals surface area contributed by atoms with Crippen molar-refractivity contribution >= 4 is 11.9 Å². The van der Waals surface area contributed by atoms with Gasteiger partial charge in [-0.05, 0) is 40.0 Å². The Labute approximate surface area is 329 Å². The first-order chi connectivity index (χ1) is 24.3. The molecule has 51 heavy (non-hydrogen) atoms. The van der Waals surface area contributed by atoms with E-state index in [4.69, 9.17) is 10.2 Å². The molecule has 0 spiro atoms. The zero-order valence-electron chi connectivity index (χ0n) is 34.8. The fourth-order valence-corrected chi connectivity index (χ4v) is 6.66. The standard InChI is InChI=1S/2C22H45NO2.Co/c2*1-3-4-5-6-7-8-9-10-11-12-13-14-15-16-17-18-20-23(2)21-19-22(24)25;/h2*3-21H2,1-2H3,(H,24,25);. The zero-order valence-corrected chi connectivity index (χ0v) is 35.8. The molecule has 0 unspecified atom stereocenters. The van der Waals surface area contributed by atoms with Gasteiger partial charge < -0.3 is 20.0 Å². The molecular weight excluding hydrogens is 679 g/mol. The number of aliphatic carboxylic acids is 2.